The summed E-state index contributed by atoms with van der Waals surface area (Å²) in [4.78, 5) is 20.3. The van der Waals surface area contributed by atoms with Gasteiger partial charge < -0.3 is 14.2 Å². The van der Waals surface area contributed by atoms with Gasteiger partial charge in [-0.2, -0.15) is 13.2 Å². The van der Waals surface area contributed by atoms with E-state index in [0.717, 1.165) is 61.5 Å². The van der Waals surface area contributed by atoms with Crippen molar-refractivity contribution < 1.29 is 22.7 Å². The number of nitrogens with zero attached hydrogens (tertiary/aromatic N) is 4. The Kier molecular flexibility index (Phi) is 7.04. The number of methoxy groups -OCH3 is 1. The van der Waals surface area contributed by atoms with Crippen LogP contribution in [0.25, 0.3) is 10.9 Å². The number of hydrogen-bond donors (Lipinski definition) is 0. The summed E-state index contributed by atoms with van der Waals surface area (Å²) in [5, 5.41) is 0.902. The van der Waals surface area contributed by atoms with E-state index < -0.39 is 11.7 Å². The molecule has 3 heterocycles. The second kappa shape index (κ2) is 9.84. The van der Waals surface area contributed by atoms with Crippen LogP contribution in [-0.4, -0.2) is 60.1 Å². The van der Waals surface area contributed by atoms with Gasteiger partial charge in [0.25, 0.3) is 0 Å². The second-order valence-corrected chi connectivity index (χ2v) is 8.77. The summed E-state index contributed by atoms with van der Waals surface area (Å²) in [6, 6.07) is 6.64. The predicted molar refractivity (Wildman–Crippen MR) is 126 cm³/mol. The van der Waals surface area contributed by atoms with Gasteiger partial charge in [0.15, 0.2) is 5.78 Å². The van der Waals surface area contributed by atoms with E-state index in [2.05, 4.69) is 14.5 Å². The number of benzene rings is 1. The molecule has 1 saturated heterocycles. The molecule has 1 aromatic carbocycles. The van der Waals surface area contributed by atoms with Crippen molar-refractivity contribution in [3.8, 4) is 5.75 Å². The van der Waals surface area contributed by atoms with Crippen LogP contribution in [0.4, 0.5) is 19.0 Å². The molecule has 0 N–H and O–H groups in total. The Morgan fingerprint density at radius 2 is 1.91 bits per heavy atom. The van der Waals surface area contributed by atoms with Gasteiger partial charge in [0, 0.05) is 56.1 Å². The number of carbonyl (C=O) groups excluding carboxylic acids is 1. The number of rotatable bonds is 7. The molecule has 0 spiro atoms. The number of para-hydroxylation sites is 1. The molecule has 34 heavy (non-hydrogen) atoms. The zero-order valence-corrected chi connectivity index (χ0v) is 19.8. The Morgan fingerprint density at radius 3 is 2.53 bits per heavy atom. The molecular weight excluding hydrogens is 469 g/mol. The molecule has 0 bridgehead atoms. The van der Waals surface area contributed by atoms with Gasteiger partial charge in [-0.25, -0.2) is 4.98 Å². The van der Waals surface area contributed by atoms with Crippen molar-refractivity contribution in [2.45, 2.75) is 26.1 Å². The van der Waals surface area contributed by atoms with Crippen LogP contribution in [0.15, 0.2) is 36.7 Å². The van der Waals surface area contributed by atoms with Crippen molar-refractivity contribution in [2.75, 3.05) is 44.7 Å². The van der Waals surface area contributed by atoms with E-state index in [1.807, 2.05) is 29.3 Å². The van der Waals surface area contributed by atoms with E-state index >= 15 is 0 Å². The van der Waals surface area contributed by atoms with E-state index in [-0.39, 0.29) is 10.8 Å². The van der Waals surface area contributed by atoms with Crippen molar-refractivity contribution in [1.29, 1.82) is 0 Å². The Labute approximate surface area is 200 Å². The number of fused-ring (bicyclic) bond motifs is 1. The minimum Gasteiger partial charge on any atom is -0.495 e. The Hall–Kier alpha value is -2.78. The SMILES string of the molecule is COc1cccc2c(C(C)=O)cn(CCCN3CCN(c4ncc(C(F)(F)F)cc4Cl)CC3)c12. The molecule has 0 amide bonds. The third-order valence-corrected chi connectivity index (χ3v) is 6.43. The first-order valence-corrected chi connectivity index (χ1v) is 11.4. The van der Waals surface area contributed by atoms with Gasteiger partial charge >= 0.3 is 6.18 Å². The summed E-state index contributed by atoms with van der Waals surface area (Å²) in [6.45, 7) is 5.93. The average molecular weight is 495 g/mol. The molecule has 1 fully saturated rings. The monoisotopic (exact) mass is 494 g/mol. The molecule has 0 unspecified atom stereocenters. The zero-order valence-electron chi connectivity index (χ0n) is 19.0. The van der Waals surface area contributed by atoms with Crippen molar-refractivity contribution >= 4 is 34.1 Å². The van der Waals surface area contributed by atoms with E-state index in [1.165, 1.54) is 0 Å². The fourth-order valence-corrected chi connectivity index (χ4v) is 4.70. The number of anilines is 1. The minimum absolute atomic E-state index is 0.0120. The minimum atomic E-state index is -4.46. The highest BCUT2D eigenvalue weighted by molar-refractivity contribution is 6.33. The number of ketones is 1. The van der Waals surface area contributed by atoms with E-state index in [1.54, 1.807) is 14.0 Å². The molecule has 0 radical (unpaired) electrons. The molecular formula is C24H26ClF3N4O2. The van der Waals surface area contributed by atoms with Gasteiger partial charge in [-0.3, -0.25) is 9.69 Å². The molecule has 0 aliphatic carbocycles. The van der Waals surface area contributed by atoms with E-state index in [0.29, 0.717) is 24.5 Å². The molecule has 182 valence electrons. The number of ether oxygens (including phenoxy) is 1. The third-order valence-electron chi connectivity index (χ3n) is 6.15. The van der Waals surface area contributed by atoms with E-state index in [4.69, 9.17) is 16.3 Å². The first-order valence-electron chi connectivity index (χ1n) is 11.1. The quantitative estimate of drug-likeness (QED) is 0.426. The summed E-state index contributed by atoms with van der Waals surface area (Å²) in [5.74, 6) is 1.14. The number of halogens is 4. The molecule has 1 aliphatic heterocycles. The first-order chi connectivity index (χ1) is 16.2. The summed E-state index contributed by atoms with van der Waals surface area (Å²) in [7, 11) is 1.62. The largest absolute Gasteiger partial charge is 0.495 e. The van der Waals surface area contributed by atoms with Gasteiger partial charge in [0.1, 0.15) is 11.6 Å². The van der Waals surface area contributed by atoms with Gasteiger partial charge in [-0.1, -0.05) is 23.7 Å². The number of aromatic nitrogens is 2. The maximum absolute atomic E-state index is 12.9. The highest BCUT2D eigenvalue weighted by Gasteiger charge is 2.32. The Morgan fingerprint density at radius 1 is 1.18 bits per heavy atom. The number of pyridine rings is 1. The van der Waals surface area contributed by atoms with Crippen molar-refractivity contribution in [3.05, 3.63) is 52.8 Å². The fraction of sp³-hybridized carbons (Fsp3) is 0.417. The standard InChI is InChI=1S/C24H26ClF3N4O2/c1-16(33)19-15-32(22-18(19)5-3-6-21(22)34-2)8-4-7-30-9-11-31(12-10-30)23-20(25)13-17(14-29-23)24(26,27)28/h3,5-6,13-15H,4,7-12H2,1-2H3. The van der Waals surface area contributed by atoms with Crippen LogP contribution in [0.3, 0.4) is 0 Å². The number of alkyl halides is 3. The van der Waals surface area contributed by atoms with Gasteiger partial charge in [0.05, 0.1) is 23.2 Å². The Balaban J connectivity index is 1.36. The average Bonchev–Trinajstić information content (AvgIpc) is 3.18. The molecule has 1 aliphatic rings. The van der Waals surface area contributed by atoms with Gasteiger partial charge in [-0.05, 0) is 32.0 Å². The van der Waals surface area contributed by atoms with Crippen LogP contribution in [0.5, 0.6) is 5.75 Å². The number of carbonyl (C=O) groups is 1. The van der Waals surface area contributed by atoms with Crippen molar-refractivity contribution in [1.82, 2.24) is 14.5 Å². The molecule has 0 saturated carbocycles. The normalized spacial score (nSPS) is 15.2. The summed E-state index contributed by atoms with van der Waals surface area (Å²) < 4.78 is 46.2. The highest BCUT2D eigenvalue weighted by Crippen LogP contribution is 2.34. The predicted octanol–water partition coefficient (Wildman–Crippen LogP) is 5.13. The summed E-state index contributed by atoms with van der Waals surface area (Å²) >= 11 is 6.10. The van der Waals surface area contributed by atoms with Crippen LogP contribution >= 0.6 is 11.6 Å². The zero-order chi connectivity index (χ0) is 24.5. The smallest absolute Gasteiger partial charge is 0.417 e. The fourth-order valence-electron chi connectivity index (χ4n) is 4.41. The number of aryl methyl sites for hydroxylation is 1. The maximum atomic E-state index is 12.9. The highest BCUT2D eigenvalue weighted by atomic mass is 35.5. The maximum Gasteiger partial charge on any atom is 0.417 e. The number of piperazine rings is 1. The lowest BCUT2D eigenvalue weighted by Crippen LogP contribution is -2.47. The molecule has 10 heteroatoms. The lowest BCUT2D eigenvalue weighted by Gasteiger charge is -2.35. The van der Waals surface area contributed by atoms with Crippen LogP contribution in [0.2, 0.25) is 5.02 Å². The van der Waals surface area contributed by atoms with Crippen molar-refractivity contribution in [2.24, 2.45) is 0 Å². The topological polar surface area (TPSA) is 50.6 Å². The van der Waals surface area contributed by atoms with Gasteiger partial charge in [-0.15, -0.1) is 0 Å². The Bertz CT molecular complexity index is 1190. The molecule has 3 aromatic rings. The molecule has 2 aromatic heterocycles. The molecule has 6 nitrogen and oxygen atoms in total. The van der Waals surface area contributed by atoms with Crippen LogP contribution in [-0.2, 0) is 12.7 Å². The summed E-state index contributed by atoms with van der Waals surface area (Å²) in [5.41, 5.74) is 0.758. The van der Waals surface area contributed by atoms with Gasteiger partial charge in [0.2, 0.25) is 0 Å². The number of Topliss-reactive ketones (excluding diaryl/α,β-unsaturated/α-hetero) is 1. The lowest BCUT2D eigenvalue weighted by molar-refractivity contribution is -0.137. The molecule has 0 atom stereocenters. The van der Waals surface area contributed by atoms with Crippen LogP contribution in [0, 0.1) is 0 Å². The lowest BCUT2D eigenvalue weighted by atomic mass is 10.1. The van der Waals surface area contributed by atoms with Crippen molar-refractivity contribution in [3.63, 3.8) is 0 Å². The first kappa shape index (κ1) is 24.3. The summed E-state index contributed by atoms with van der Waals surface area (Å²) in [6.07, 6.45) is -0.864. The van der Waals surface area contributed by atoms with Crippen LogP contribution < -0.4 is 9.64 Å². The number of hydrogen-bond acceptors (Lipinski definition) is 5. The second-order valence-electron chi connectivity index (χ2n) is 8.36. The third kappa shape index (κ3) is 5.00. The van der Waals surface area contributed by atoms with E-state index in [9.17, 15) is 18.0 Å². The molecule has 4 rings (SSSR count). The van der Waals surface area contributed by atoms with Crippen LogP contribution in [0.1, 0.15) is 29.3 Å².